The summed E-state index contributed by atoms with van der Waals surface area (Å²) in [6, 6.07) is 3.87. The molecule has 0 aliphatic rings. The molecule has 3 nitrogen and oxygen atoms in total. The standard InChI is InChI=1S/C13H12ClN3S/c1-3-17-7-11(16-8(17)2)12-6-10-13(18-12)9(14)4-5-15-10/h4-7H,3H2,1-2H3. The Morgan fingerprint density at radius 2 is 2.28 bits per heavy atom. The Kier molecular flexibility index (Phi) is 2.84. The van der Waals surface area contributed by atoms with E-state index in [1.807, 2.05) is 19.1 Å². The number of thiophene rings is 1. The first kappa shape index (κ1) is 11.7. The molecule has 0 aliphatic heterocycles. The predicted molar refractivity (Wildman–Crippen MR) is 76.3 cm³/mol. The van der Waals surface area contributed by atoms with E-state index in [1.54, 1.807) is 17.5 Å². The van der Waals surface area contributed by atoms with E-state index < -0.39 is 0 Å². The van der Waals surface area contributed by atoms with Crippen LogP contribution in [0.25, 0.3) is 20.8 Å². The monoisotopic (exact) mass is 277 g/mol. The van der Waals surface area contributed by atoms with Crippen LogP contribution in [0.4, 0.5) is 0 Å². The van der Waals surface area contributed by atoms with Gasteiger partial charge in [-0.15, -0.1) is 11.3 Å². The summed E-state index contributed by atoms with van der Waals surface area (Å²) in [6.45, 7) is 5.07. The fourth-order valence-electron chi connectivity index (χ4n) is 1.98. The van der Waals surface area contributed by atoms with Crippen LogP contribution in [-0.4, -0.2) is 14.5 Å². The molecule has 0 aromatic carbocycles. The lowest BCUT2D eigenvalue weighted by molar-refractivity contribution is 0.730. The molecular weight excluding hydrogens is 266 g/mol. The van der Waals surface area contributed by atoms with Crippen LogP contribution in [0.2, 0.25) is 5.02 Å². The minimum Gasteiger partial charge on any atom is -0.335 e. The maximum absolute atomic E-state index is 6.17. The number of imidazole rings is 1. The molecule has 0 radical (unpaired) electrons. The fourth-order valence-corrected chi connectivity index (χ4v) is 3.22. The number of rotatable bonds is 2. The van der Waals surface area contributed by atoms with E-state index in [-0.39, 0.29) is 0 Å². The highest BCUT2D eigenvalue weighted by Gasteiger charge is 2.11. The quantitative estimate of drug-likeness (QED) is 0.705. The average molecular weight is 278 g/mol. The molecule has 0 fully saturated rings. The fraction of sp³-hybridized carbons (Fsp3) is 0.231. The van der Waals surface area contributed by atoms with Crippen molar-refractivity contribution in [3.8, 4) is 10.6 Å². The lowest BCUT2D eigenvalue weighted by atomic mass is 10.3. The number of hydrogen-bond acceptors (Lipinski definition) is 3. The smallest absolute Gasteiger partial charge is 0.106 e. The molecule has 18 heavy (non-hydrogen) atoms. The topological polar surface area (TPSA) is 30.7 Å². The minimum absolute atomic E-state index is 0.753. The van der Waals surface area contributed by atoms with E-state index in [2.05, 4.69) is 27.7 Å². The molecule has 0 bridgehead atoms. The second-order valence-electron chi connectivity index (χ2n) is 4.08. The summed E-state index contributed by atoms with van der Waals surface area (Å²) in [5.74, 6) is 1.03. The Balaban J connectivity index is 2.16. The van der Waals surface area contributed by atoms with Crippen LogP contribution in [0.15, 0.2) is 24.5 Å². The van der Waals surface area contributed by atoms with Crippen molar-refractivity contribution >= 4 is 33.2 Å². The van der Waals surface area contributed by atoms with Crippen molar-refractivity contribution < 1.29 is 0 Å². The van der Waals surface area contributed by atoms with Crippen molar-refractivity contribution in [3.63, 3.8) is 0 Å². The molecule has 0 aliphatic carbocycles. The van der Waals surface area contributed by atoms with Gasteiger partial charge in [-0.05, 0) is 26.0 Å². The second kappa shape index (κ2) is 4.37. The van der Waals surface area contributed by atoms with Gasteiger partial charge >= 0.3 is 0 Å². The van der Waals surface area contributed by atoms with Gasteiger partial charge in [-0.2, -0.15) is 0 Å². The van der Waals surface area contributed by atoms with Gasteiger partial charge in [-0.3, -0.25) is 4.98 Å². The zero-order chi connectivity index (χ0) is 12.7. The molecule has 0 atom stereocenters. The summed E-state index contributed by atoms with van der Waals surface area (Å²) in [5, 5.41) is 0.753. The van der Waals surface area contributed by atoms with Crippen LogP contribution in [-0.2, 0) is 6.54 Å². The molecule has 3 heterocycles. The third-order valence-corrected chi connectivity index (χ3v) is 4.54. The normalized spacial score (nSPS) is 11.3. The molecule has 0 N–H and O–H groups in total. The van der Waals surface area contributed by atoms with Crippen molar-refractivity contribution in [2.24, 2.45) is 0 Å². The molecule has 0 unspecified atom stereocenters. The van der Waals surface area contributed by atoms with Crippen LogP contribution in [0.5, 0.6) is 0 Å². The van der Waals surface area contributed by atoms with E-state index in [0.29, 0.717) is 0 Å². The van der Waals surface area contributed by atoms with Crippen LogP contribution in [0.3, 0.4) is 0 Å². The SMILES string of the molecule is CCn1cc(-c2cc3nccc(Cl)c3s2)nc1C. The van der Waals surface area contributed by atoms with Gasteiger partial charge in [0, 0.05) is 18.9 Å². The lowest BCUT2D eigenvalue weighted by Crippen LogP contribution is -1.93. The van der Waals surface area contributed by atoms with Gasteiger partial charge in [-0.25, -0.2) is 4.98 Å². The number of nitrogens with zero attached hydrogens (tertiary/aromatic N) is 3. The molecule has 0 spiro atoms. The van der Waals surface area contributed by atoms with Gasteiger partial charge in [0.25, 0.3) is 0 Å². The maximum Gasteiger partial charge on any atom is 0.106 e. The molecule has 5 heteroatoms. The third-order valence-electron chi connectivity index (χ3n) is 2.93. The molecule has 3 aromatic rings. The zero-order valence-corrected chi connectivity index (χ0v) is 11.7. The predicted octanol–water partition coefficient (Wildman–Crippen LogP) is 4.14. The Bertz CT molecular complexity index is 714. The molecule has 3 rings (SSSR count). The van der Waals surface area contributed by atoms with Crippen molar-refractivity contribution in [3.05, 3.63) is 35.4 Å². The number of hydrogen-bond donors (Lipinski definition) is 0. The molecule has 0 saturated carbocycles. The molecule has 0 saturated heterocycles. The van der Waals surface area contributed by atoms with Gasteiger partial charge in [0.1, 0.15) is 5.82 Å². The van der Waals surface area contributed by atoms with Crippen LogP contribution < -0.4 is 0 Å². The Morgan fingerprint density at radius 3 is 2.94 bits per heavy atom. The molecular formula is C13H12ClN3S. The van der Waals surface area contributed by atoms with Gasteiger partial charge in [0.2, 0.25) is 0 Å². The Hall–Kier alpha value is -1.39. The minimum atomic E-state index is 0.753. The molecule has 92 valence electrons. The van der Waals surface area contributed by atoms with Crippen molar-refractivity contribution in [1.29, 1.82) is 0 Å². The van der Waals surface area contributed by atoms with Gasteiger partial charge in [-0.1, -0.05) is 11.6 Å². The third kappa shape index (κ3) is 1.82. The first-order chi connectivity index (χ1) is 8.69. The number of fused-ring (bicyclic) bond motifs is 1. The van der Waals surface area contributed by atoms with E-state index in [1.165, 1.54) is 0 Å². The highest BCUT2D eigenvalue weighted by atomic mass is 35.5. The van der Waals surface area contributed by atoms with Crippen LogP contribution in [0, 0.1) is 6.92 Å². The van der Waals surface area contributed by atoms with Crippen LogP contribution in [0.1, 0.15) is 12.7 Å². The van der Waals surface area contributed by atoms with Crippen molar-refractivity contribution in [2.45, 2.75) is 20.4 Å². The van der Waals surface area contributed by atoms with E-state index in [9.17, 15) is 0 Å². The maximum atomic E-state index is 6.17. The summed E-state index contributed by atoms with van der Waals surface area (Å²) in [7, 11) is 0. The average Bonchev–Trinajstić information content (AvgIpc) is 2.93. The highest BCUT2D eigenvalue weighted by molar-refractivity contribution is 7.22. The number of halogens is 1. The Morgan fingerprint density at radius 1 is 1.44 bits per heavy atom. The largest absolute Gasteiger partial charge is 0.335 e. The van der Waals surface area contributed by atoms with E-state index >= 15 is 0 Å². The van der Waals surface area contributed by atoms with Crippen LogP contribution >= 0.6 is 22.9 Å². The number of aromatic nitrogens is 3. The first-order valence-corrected chi connectivity index (χ1v) is 6.96. The Labute approximate surface area is 114 Å². The summed E-state index contributed by atoms with van der Waals surface area (Å²) in [5.41, 5.74) is 1.93. The van der Waals surface area contributed by atoms with E-state index in [4.69, 9.17) is 11.6 Å². The zero-order valence-electron chi connectivity index (χ0n) is 10.1. The van der Waals surface area contributed by atoms with Gasteiger partial charge in [0.05, 0.1) is 25.8 Å². The number of pyridine rings is 1. The molecule has 0 amide bonds. The van der Waals surface area contributed by atoms with Gasteiger partial charge in [0.15, 0.2) is 0 Å². The van der Waals surface area contributed by atoms with E-state index in [0.717, 1.165) is 38.2 Å². The summed E-state index contributed by atoms with van der Waals surface area (Å²) < 4.78 is 3.16. The summed E-state index contributed by atoms with van der Waals surface area (Å²) in [4.78, 5) is 10.0. The highest BCUT2D eigenvalue weighted by Crippen LogP contribution is 2.35. The number of aryl methyl sites for hydroxylation is 2. The van der Waals surface area contributed by atoms with Crippen molar-refractivity contribution in [2.75, 3.05) is 0 Å². The second-order valence-corrected chi connectivity index (χ2v) is 5.54. The first-order valence-electron chi connectivity index (χ1n) is 5.77. The lowest BCUT2D eigenvalue weighted by Gasteiger charge is -1.95. The summed E-state index contributed by atoms with van der Waals surface area (Å²) >= 11 is 7.81. The molecule has 3 aromatic heterocycles. The van der Waals surface area contributed by atoms with Gasteiger partial charge < -0.3 is 4.57 Å². The summed E-state index contributed by atoms with van der Waals surface area (Å²) in [6.07, 6.45) is 3.81. The van der Waals surface area contributed by atoms with Crippen molar-refractivity contribution in [1.82, 2.24) is 14.5 Å².